The molecule has 1 aromatic heterocycles. The number of halogens is 2. The van der Waals surface area contributed by atoms with Crippen molar-refractivity contribution in [3.8, 4) is 5.75 Å². The lowest BCUT2D eigenvalue weighted by molar-refractivity contribution is 0.0690. The van der Waals surface area contributed by atoms with Crippen LogP contribution in [0.15, 0.2) is 6.07 Å². The molecule has 0 bridgehead atoms. The fourth-order valence-electron chi connectivity index (χ4n) is 2.03. The minimum absolute atomic E-state index is 0.0756. The minimum Gasteiger partial charge on any atom is -0.495 e. The smallest absolute Gasteiger partial charge is 0.352 e. The maximum atomic E-state index is 11.2. The average molecular weight is 303 g/mol. The fourth-order valence-corrected chi connectivity index (χ4v) is 2.50. The number of aromatic amines is 1. The number of hydrogen-bond acceptors (Lipinski definition) is 3. The van der Waals surface area contributed by atoms with Crippen LogP contribution in [0.5, 0.6) is 5.75 Å². The van der Waals surface area contributed by atoms with Crippen LogP contribution in [0.2, 0.25) is 10.0 Å². The van der Waals surface area contributed by atoms with Crippen LogP contribution in [0.3, 0.4) is 0 Å². The van der Waals surface area contributed by atoms with Crippen molar-refractivity contribution < 1.29 is 14.6 Å². The topological polar surface area (TPSA) is 88.3 Å². The molecule has 0 atom stereocenters. The first-order chi connectivity index (χ1) is 9.01. The van der Waals surface area contributed by atoms with Gasteiger partial charge >= 0.3 is 5.97 Å². The molecule has 0 amide bonds. The summed E-state index contributed by atoms with van der Waals surface area (Å²) >= 11 is 12.2. The molecule has 7 heteroatoms. The molecule has 0 aliphatic carbocycles. The van der Waals surface area contributed by atoms with E-state index in [1.807, 2.05) is 0 Å². The van der Waals surface area contributed by atoms with E-state index in [4.69, 9.17) is 33.7 Å². The van der Waals surface area contributed by atoms with Crippen LogP contribution in [0.1, 0.15) is 16.1 Å². The lowest BCUT2D eigenvalue weighted by atomic mass is 10.1. The number of carboxylic acids is 1. The molecule has 2 rings (SSSR count). The van der Waals surface area contributed by atoms with Gasteiger partial charge in [0.2, 0.25) is 0 Å². The van der Waals surface area contributed by atoms with E-state index < -0.39 is 5.97 Å². The Morgan fingerprint density at radius 3 is 2.68 bits per heavy atom. The van der Waals surface area contributed by atoms with Crippen molar-refractivity contribution in [2.45, 2.75) is 6.42 Å². The number of carboxylic acid groups (broad SMARTS) is 1. The van der Waals surface area contributed by atoms with Gasteiger partial charge in [-0.15, -0.1) is 0 Å². The highest BCUT2D eigenvalue weighted by Gasteiger charge is 2.21. The number of rotatable bonds is 4. The molecule has 1 aromatic carbocycles. The van der Waals surface area contributed by atoms with Crippen LogP contribution in [0.25, 0.3) is 10.9 Å². The Bertz CT molecular complexity index is 652. The molecule has 0 saturated heterocycles. The van der Waals surface area contributed by atoms with E-state index >= 15 is 0 Å². The van der Waals surface area contributed by atoms with Gasteiger partial charge in [0.25, 0.3) is 0 Å². The zero-order valence-corrected chi connectivity index (χ0v) is 11.6. The van der Waals surface area contributed by atoms with Gasteiger partial charge in [0, 0.05) is 5.39 Å². The molecule has 0 unspecified atom stereocenters. The van der Waals surface area contributed by atoms with E-state index in [9.17, 15) is 9.90 Å². The summed E-state index contributed by atoms with van der Waals surface area (Å²) in [5, 5.41) is 10.3. The Hall–Kier alpha value is -1.43. The van der Waals surface area contributed by atoms with E-state index in [0.717, 1.165) is 0 Å². The normalized spacial score (nSPS) is 10.9. The van der Waals surface area contributed by atoms with Crippen LogP contribution < -0.4 is 10.5 Å². The summed E-state index contributed by atoms with van der Waals surface area (Å²) in [5.74, 6) is -0.667. The summed E-state index contributed by atoms with van der Waals surface area (Å²) in [6.07, 6.45) is 0.419. The molecular formula is C12H12Cl2N2O3. The zero-order chi connectivity index (χ0) is 14.2. The summed E-state index contributed by atoms with van der Waals surface area (Å²) in [4.78, 5) is 14.0. The second kappa shape index (κ2) is 5.28. The highest BCUT2D eigenvalue weighted by molar-refractivity contribution is 6.46. The first-order valence-electron chi connectivity index (χ1n) is 5.51. The van der Waals surface area contributed by atoms with E-state index in [1.54, 1.807) is 6.07 Å². The highest BCUT2D eigenvalue weighted by atomic mass is 35.5. The van der Waals surface area contributed by atoms with Gasteiger partial charge in [-0.3, -0.25) is 0 Å². The number of aromatic carboxylic acids is 1. The number of hydrogen-bond donors (Lipinski definition) is 3. The molecule has 0 aliphatic rings. The van der Waals surface area contributed by atoms with E-state index in [0.29, 0.717) is 35.2 Å². The molecule has 5 nitrogen and oxygen atoms in total. The Kier molecular flexibility index (Phi) is 3.89. The third-order valence-electron chi connectivity index (χ3n) is 2.88. The number of H-pyrrole nitrogens is 1. The minimum atomic E-state index is -1.06. The molecule has 0 spiro atoms. The second-order valence-electron chi connectivity index (χ2n) is 3.95. The van der Waals surface area contributed by atoms with E-state index in [2.05, 4.69) is 4.98 Å². The first-order valence-corrected chi connectivity index (χ1v) is 6.26. The SMILES string of the molecule is COc1cc2c(CCN)c(C(=O)O)[nH]c2c(Cl)c1Cl. The van der Waals surface area contributed by atoms with Gasteiger partial charge in [0.15, 0.2) is 0 Å². The number of benzene rings is 1. The molecule has 19 heavy (non-hydrogen) atoms. The predicted octanol–water partition coefficient (Wildman–Crippen LogP) is 2.68. The zero-order valence-electron chi connectivity index (χ0n) is 10.1. The fraction of sp³-hybridized carbons (Fsp3) is 0.250. The van der Waals surface area contributed by atoms with Crippen molar-refractivity contribution >= 4 is 40.1 Å². The van der Waals surface area contributed by atoms with E-state index in [-0.39, 0.29) is 15.7 Å². The maximum Gasteiger partial charge on any atom is 0.352 e. The quantitative estimate of drug-likeness (QED) is 0.810. The lowest BCUT2D eigenvalue weighted by Gasteiger charge is -2.06. The number of nitrogens with two attached hydrogens (primary N) is 1. The van der Waals surface area contributed by atoms with Gasteiger partial charge in [0.05, 0.1) is 17.6 Å². The van der Waals surface area contributed by atoms with Crippen LogP contribution in [0.4, 0.5) is 0 Å². The van der Waals surface area contributed by atoms with Crippen LogP contribution >= 0.6 is 23.2 Å². The van der Waals surface area contributed by atoms with Crippen molar-refractivity contribution in [2.24, 2.45) is 5.73 Å². The summed E-state index contributed by atoms with van der Waals surface area (Å²) in [6, 6.07) is 1.66. The number of ether oxygens (including phenoxy) is 1. The summed E-state index contributed by atoms with van der Waals surface area (Å²) in [6.45, 7) is 0.329. The lowest BCUT2D eigenvalue weighted by Crippen LogP contribution is -2.07. The van der Waals surface area contributed by atoms with Gasteiger partial charge in [-0.2, -0.15) is 0 Å². The van der Waals surface area contributed by atoms with Crippen molar-refractivity contribution in [3.63, 3.8) is 0 Å². The van der Waals surface area contributed by atoms with Gasteiger partial charge in [-0.05, 0) is 24.6 Å². The molecular weight excluding hydrogens is 291 g/mol. The van der Waals surface area contributed by atoms with Crippen LogP contribution in [-0.2, 0) is 6.42 Å². The monoisotopic (exact) mass is 302 g/mol. The number of carbonyl (C=O) groups is 1. The number of nitrogens with one attached hydrogen (secondary N) is 1. The molecule has 0 radical (unpaired) electrons. The Morgan fingerprint density at radius 2 is 2.16 bits per heavy atom. The van der Waals surface area contributed by atoms with Crippen molar-refractivity contribution in [1.82, 2.24) is 4.98 Å². The van der Waals surface area contributed by atoms with Gasteiger partial charge < -0.3 is 20.6 Å². The Morgan fingerprint density at radius 1 is 1.47 bits per heavy atom. The van der Waals surface area contributed by atoms with E-state index in [1.165, 1.54) is 7.11 Å². The summed E-state index contributed by atoms with van der Waals surface area (Å²) in [7, 11) is 1.47. The second-order valence-corrected chi connectivity index (χ2v) is 4.71. The maximum absolute atomic E-state index is 11.2. The van der Waals surface area contributed by atoms with Gasteiger partial charge in [0.1, 0.15) is 16.5 Å². The predicted molar refractivity (Wildman–Crippen MR) is 74.6 cm³/mol. The Balaban J connectivity index is 2.84. The third kappa shape index (κ3) is 2.25. The van der Waals surface area contributed by atoms with Gasteiger partial charge in [-0.25, -0.2) is 4.79 Å². The Labute approximate surface area is 119 Å². The first kappa shape index (κ1) is 14.0. The third-order valence-corrected chi connectivity index (χ3v) is 3.73. The standard InChI is InChI=1S/C12H12Cl2N2O3/c1-19-7-4-6-5(2-3-15)11(12(17)18)16-10(6)9(14)8(7)13/h4,16H,2-3,15H2,1H3,(H,17,18). The molecule has 0 saturated carbocycles. The molecule has 0 aliphatic heterocycles. The van der Waals surface area contributed by atoms with Crippen molar-refractivity contribution in [1.29, 1.82) is 0 Å². The molecule has 2 aromatic rings. The molecule has 102 valence electrons. The largest absolute Gasteiger partial charge is 0.495 e. The van der Waals surface area contributed by atoms with Gasteiger partial charge in [-0.1, -0.05) is 23.2 Å². The van der Waals surface area contributed by atoms with Crippen LogP contribution in [0, 0.1) is 0 Å². The summed E-state index contributed by atoms with van der Waals surface area (Å²) in [5.41, 5.74) is 6.68. The van der Waals surface area contributed by atoms with Crippen molar-refractivity contribution in [2.75, 3.05) is 13.7 Å². The highest BCUT2D eigenvalue weighted by Crippen LogP contribution is 2.40. The number of fused-ring (bicyclic) bond motifs is 1. The molecule has 4 N–H and O–H groups in total. The average Bonchev–Trinajstić information content (AvgIpc) is 2.73. The number of aromatic nitrogens is 1. The molecule has 0 fully saturated rings. The molecule has 1 heterocycles. The summed E-state index contributed by atoms with van der Waals surface area (Å²) < 4.78 is 5.13. The van der Waals surface area contributed by atoms with Crippen molar-refractivity contribution in [3.05, 3.63) is 27.4 Å². The van der Waals surface area contributed by atoms with Crippen LogP contribution in [-0.4, -0.2) is 29.7 Å². The number of methoxy groups -OCH3 is 1.